The first kappa shape index (κ1) is 46.9. The molecule has 4 saturated heterocycles. The molecule has 4 unspecified atom stereocenters. The van der Waals surface area contributed by atoms with Crippen LogP contribution in [0, 0.1) is 0 Å². The van der Waals surface area contributed by atoms with Crippen LogP contribution in [0.4, 0.5) is 0 Å². The zero-order chi connectivity index (χ0) is 46.5. The van der Waals surface area contributed by atoms with E-state index >= 15 is 0 Å². The van der Waals surface area contributed by atoms with Crippen LogP contribution in [0.5, 0.6) is 23.0 Å². The molecule has 0 aliphatic carbocycles. The van der Waals surface area contributed by atoms with Crippen molar-refractivity contribution in [1.29, 1.82) is 0 Å². The molecule has 12 heteroatoms. The molecule has 0 N–H and O–H groups in total. The highest BCUT2D eigenvalue weighted by molar-refractivity contribution is 5.72. The van der Waals surface area contributed by atoms with Crippen LogP contribution in [-0.2, 0) is 37.9 Å². The van der Waals surface area contributed by atoms with Crippen LogP contribution in [0.3, 0.4) is 0 Å². The van der Waals surface area contributed by atoms with Crippen molar-refractivity contribution in [2.24, 2.45) is 0 Å². The molecule has 4 aliphatic heterocycles. The Morgan fingerprint density at radius 1 is 0.348 bits per heavy atom. The Labute approximate surface area is 404 Å². The maximum absolute atomic E-state index is 6.71. The minimum atomic E-state index is -0.339. The van der Waals surface area contributed by atoms with E-state index in [-0.39, 0.29) is 30.3 Å². The van der Waals surface area contributed by atoms with Gasteiger partial charge in [0, 0.05) is 17.0 Å². The quantitative estimate of drug-likeness (QED) is 0.0243. The van der Waals surface area contributed by atoms with Crippen molar-refractivity contribution in [3.63, 3.8) is 0 Å². The Morgan fingerprint density at radius 2 is 0.681 bits per heavy atom. The molecule has 0 aromatic heterocycles. The second kappa shape index (κ2) is 23.7. The first-order valence-corrected chi connectivity index (χ1v) is 24.1. The number of benzene rings is 6. The summed E-state index contributed by atoms with van der Waals surface area (Å²) in [5, 5.41) is 0. The molecule has 6 aromatic carbocycles. The van der Waals surface area contributed by atoms with E-state index in [9.17, 15) is 0 Å². The molecule has 4 heterocycles. The Balaban J connectivity index is 0.992. The van der Waals surface area contributed by atoms with Gasteiger partial charge in [-0.3, -0.25) is 0 Å². The highest BCUT2D eigenvalue weighted by atomic mass is 16.6. The third kappa shape index (κ3) is 14.2. The molecule has 4 aliphatic rings. The first-order chi connectivity index (χ1) is 34.2. The average Bonchev–Trinajstić information content (AvgIpc) is 4.14. The largest absolute Gasteiger partial charge is 0.491 e. The van der Waals surface area contributed by atoms with E-state index in [1.807, 2.05) is 30.3 Å². The van der Waals surface area contributed by atoms with Gasteiger partial charge in [0.25, 0.3) is 0 Å². The Bertz CT molecular complexity index is 2370. The Kier molecular flexibility index (Phi) is 16.1. The van der Waals surface area contributed by atoms with Gasteiger partial charge in [-0.2, -0.15) is 0 Å². The highest BCUT2D eigenvalue weighted by Crippen LogP contribution is 2.45. The summed E-state index contributed by atoms with van der Waals surface area (Å²) in [5.74, 6) is 2.71. The van der Waals surface area contributed by atoms with Crippen LogP contribution in [0.2, 0.25) is 0 Å². The predicted molar refractivity (Wildman–Crippen MR) is 261 cm³/mol. The fourth-order valence-corrected chi connectivity index (χ4v) is 8.06. The average molecular weight is 937 g/mol. The van der Waals surface area contributed by atoms with Gasteiger partial charge in [0.1, 0.15) is 73.8 Å². The summed E-state index contributed by atoms with van der Waals surface area (Å²) in [6.07, 6.45) is 0.799. The maximum Gasteiger partial charge on any atom is 0.123 e. The van der Waals surface area contributed by atoms with Crippen LogP contribution in [-0.4, -0.2) is 130 Å². The summed E-state index contributed by atoms with van der Waals surface area (Å²) in [7, 11) is 0. The van der Waals surface area contributed by atoms with E-state index in [1.54, 1.807) is 0 Å². The molecule has 360 valence electrons. The molecule has 6 aromatic rings. The number of hydrogen-bond acceptors (Lipinski definition) is 12. The summed E-state index contributed by atoms with van der Waals surface area (Å²) in [4.78, 5) is 0. The van der Waals surface area contributed by atoms with Crippen molar-refractivity contribution in [3.05, 3.63) is 156 Å². The molecule has 69 heavy (non-hydrogen) atoms. The monoisotopic (exact) mass is 936 g/mol. The van der Waals surface area contributed by atoms with Crippen molar-refractivity contribution in [2.75, 3.05) is 106 Å². The number of epoxide rings is 4. The van der Waals surface area contributed by atoms with Crippen molar-refractivity contribution in [1.82, 2.24) is 0 Å². The van der Waals surface area contributed by atoms with Crippen LogP contribution in [0.15, 0.2) is 140 Å². The minimum Gasteiger partial charge on any atom is -0.491 e. The van der Waals surface area contributed by atoms with Gasteiger partial charge in [-0.05, 0) is 87.5 Å². The summed E-state index contributed by atoms with van der Waals surface area (Å²) >= 11 is 0. The molecule has 0 saturated carbocycles. The number of hydrogen-bond donors (Lipinski definition) is 0. The third-order valence-electron chi connectivity index (χ3n) is 12.2. The van der Waals surface area contributed by atoms with E-state index in [1.165, 1.54) is 0 Å². The van der Waals surface area contributed by atoms with Gasteiger partial charge in [0.15, 0.2) is 0 Å². The molecular formula is C57H60O12. The van der Waals surface area contributed by atoms with Gasteiger partial charge in [-0.25, -0.2) is 0 Å². The van der Waals surface area contributed by atoms with Crippen LogP contribution in [0.1, 0.15) is 22.6 Å². The molecule has 0 spiro atoms. The highest BCUT2D eigenvalue weighted by Gasteiger charge is 2.28. The summed E-state index contributed by atoms with van der Waals surface area (Å²) in [5.41, 5.74) is 9.43. The van der Waals surface area contributed by atoms with Gasteiger partial charge >= 0.3 is 0 Å². The number of ether oxygens (including phenoxy) is 12. The van der Waals surface area contributed by atoms with Crippen molar-refractivity contribution >= 4 is 0 Å². The lowest BCUT2D eigenvalue weighted by Crippen LogP contribution is -2.14. The van der Waals surface area contributed by atoms with E-state index < -0.39 is 0 Å². The molecule has 10 rings (SSSR count). The molecule has 4 atom stereocenters. The molecule has 0 amide bonds. The molecule has 4 fully saturated rings. The molecule has 0 bridgehead atoms. The van der Waals surface area contributed by atoms with Crippen molar-refractivity contribution < 1.29 is 56.8 Å². The topological polar surface area (TPSA) is 124 Å². The maximum atomic E-state index is 6.71. The zero-order valence-corrected chi connectivity index (χ0v) is 38.9. The molecule has 12 nitrogen and oxygen atoms in total. The first-order valence-electron chi connectivity index (χ1n) is 24.1. The van der Waals surface area contributed by atoms with Crippen molar-refractivity contribution in [3.8, 4) is 56.4 Å². The Morgan fingerprint density at radius 3 is 1.07 bits per heavy atom. The second-order valence-electron chi connectivity index (χ2n) is 17.5. The Hall–Kier alpha value is -5.80. The summed E-state index contributed by atoms with van der Waals surface area (Å²) in [6.45, 7) is 8.83. The van der Waals surface area contributed by atoms with Crippen molar-refractivity contribution in [2.45, 2.75) is 30.3 Å². The fraction of sp³-hybridized carbons (Fsp3) is 0.368. The van der Waals surface area contributed by atoms with Gasteiger partial charge in [0.05, 0.1) is 79.3 Å². The van der Waals surface area contributed by atoms with E-state index in [2.05, 4.69) is 109 Å². The van der Waals surface area contributed by atoms with Crippen LogP contribution < -0.4 is 18.9 Å². The second-order valence-corrected chi connectivity index (χ2v) is 17.5. The zero-order valence-electron chi connectivity index (χ0n) is 38.9. The minimum absolute atomic E-state index is 0.171. The van der Waals surface area contributed by atoms with E-state index in [4.69, 9.17) is 56.8 Å². The fourth-order valence-electron chi connectivity index (χ4n) is 8.06. The lowest BCUT2D eigenvalue weighted by Gasteiger charge is -2.26. The number of rotatable bonds is 30. The molecular weight excluding hydrogens is 877 g/mol. The SMILES string of the molecule is c1ccc(-c2ccc(C(c3cc(-c4ccc(OCCOCC5CO5)cc4)ccc3OCCOCC3CO3)c3cc(-c4ccc(OCCOCC5CO5)cc4)ccc3OCCOCC3CO3)cc2)cc1. The lowest BCUT2D eigenvalue weighted by molar-refractivity contribution is 0.0871. The third-order valence-corrected chi connectivity index (χ3v) is 12.2. The normalized spacial score (nSPS) is 19.1. The summed E-state index contributed by atoms with van der Waals surface area (Å²) < 4.78 is 70.0. The standard InChI is InChI=1S/C57H60O12/c1-2-4-40(5-3-1)41-6-8-44(9-7-41)57(53-30-45(14-20-55(53)64-28-24-60-34-51-38-68-51)42-10-16-47(17-11-42)62-26-22-58-32-49-36-66-49)54-31-46(15-21-56(54)65-29-25-61-35-52-39-69-52)43-12-18-48(19-13-43)63-27-23-59-33-50-37-67-50/h1-21,30-31,49-52,57H,22-29,32-39H2. The van der Waals surface area contributed by atoms with Gasteiger partial charge in [-0.1, -0.05) is 91.0 Å². The van der Waals surface area contributed by atoms with Gasteiger partial charge in [-0.15, -0.1) is 0 Å². The molecule has 0 radical (unpaired) electrons. The van der Waals surface area contributed by atoms with Crippen LogP contribution >= 0.6 is 0 Å². The van der Waals surface area contributed by atoms with E-state index in [0.717, 1.165) is 99.5 Å². The van der Waals surface area contributed by atoms with Gasteiger partial charge in [0.2, 0.25) is 0 Å². The predicted octanol–water partition coefficient (Wildman–Crippen LogP) is 9.04. The summed E-state index contributed by atoms with van der Waals surface area (Å²) in [6, 6.07) is 48.5. The smallest absolute Gasteiger partial charge is 0.123 e. The van der Waals surface area contributed by atoms with E-state index in [0.29, 0.717) is 79.3 Å². The van der Waals surface area contributed by atoms with Gasteiger partial charge < -0.3 is 56.8 Å². The van der Waals surface area contributed by atoms with Crippen LogP contribution in [0.25, 0.3) is 33.4 Å². The lowest BCUT2D eigenvalue weighted by atomic mass is 9.81.